The Morgan fingerprint density at radius 3 is 2.28 bits per heavy atom. The zero-order valence-electron chi connectivity index (χ0n) is 16.9. The van der Waals surface area contributed by atoms with E-state index in [0.717, 1.165) is 16.7 Å². The summed E-state index contributed by atoms with van der Waals surface area (Å²) in [6.45, 7) is 4.83. The quantitative estimate of drug-likeness (QED) is 0.532. The van der Waals surface area contributed by atoms with Crippen molar-refractivity contribution in [2.24, 2.45) is 0 Å². The molecule has 0 aromatic heterocycles. The van der Waals surface area contributed by atoms with Gasteiger partial charge in [0.2, 0.25) is 5.91 Å². The van der Waals surface area contributed by atoms with E-state index in [2.05, 4.69) is 10.6 Å². The van der Waals surface area contributed by atoms with E-state index in [1.807, 2.05) is 56.3 Å². The van der Waals surface area contributed by atoms with E-state index in [1.165, 1.54) is 13.0 Å². The van der Waals surface area contributed by atoms with Crippen molar-refractivity contribution in [2.45, 2.75) is 33.2 Å². The van der Waals surface area contributed by atoms with Gasteiger partial charge in [-0.3, -0.25) is 9.59 Å². The number of ether oxygens (including phenoxy) is 1. The lowest BCUT2D eigenvalue weighted by Gasteiger charge is -2.18. The van der Waals surface area contributed by atoms with Gasteiger partial charge in [-0.1, -0.05) is 67.1 Å². The van der Waals surface area contributed by atoms with E-state index in [4.69, 9.17) is 4.74 Å². The molecule has 0 unspecified atom stereocenters. The fraction of sp³-hybridized carbons (Fsp3) is 0.261. The summed E-state index contributed by atoms with van der Waals surface area (Å²) in [6.07, 6.45) is 2.20. The number of nitrogens with one attached hydrogen (secondary N) is 2. The van der Waals surface area contributed by atoms with Gasteiger partial charge in [-0.05, 0) is 30.5 Å². The van der Waals surface area contributed by atoms with Crippen LogP contribution in [0.2, 0.25) is 0 Å². The van der Waals surface area contributed by atoms with Crippen LogP contribution in [0.25, 0.3) is 6.08 Å². The smallest absolute Gasteiger partial charge is 0.355 e. The summed E-state index contributed by atoms with van der Waals surface area (Å²) in [5, 5.41) is 5.32. The van der Waals surface area contributed by atoms with E-state index in [-0.39, 0.29) is 11.7 Å². The highest BCUT2D eigenvalue weighted by atomic mass is 16.5. The highest BCUT2D eigenvalue weighted by molar-refractivity contribution is 5.98. The summed E-state index contributed by atoms with van der Waals surface area (Å²) < 4.78 is 5.11. The maximum Gasteiger partial charge on any atom is 0.355 e. The summed E-state index contributed by atoms with van der Waals surface area (Å²) in [6, 6.07) is 16.8. The summed E-state index contributed by atoms with van der Waals surface area (Å²) >= 11 is 0. The Morgan fingerprint density at radius 1 is 1.03 bits per heavy atom. The molecule has 29 heavy (non-hydrogen) atoms. The van der Waals surface area contributed by atoms with Gasteiger partial charge in [0.15, 0.2) is 6.61 Å². The Bertz CT molecular complexity index is 874. The lowest BCUT2D eigenvalue weighted by molar-refractivity contribution is -0.145. The molecule has 0 aliphatic rings. The molecule has 2 aromatic rings. The average Bonchev–Trinajstić information content (AvgIpc) is 2.71. The number of hydrogen-bond donors (Lipinski definition) is 2. The van der Waals surface area contributed by atoms with Crippen LogP contribution in [0.5, 0.6) is 0 Å². The van der Waals surface area contributed by atoms with Crippen molar-refractivity contribution < 1.29 is 19.1 Å². The molecule has 2 rings (SSSR count). The van der Waals surface area contributed by atoms with Gasteiger partial charge in [0, 0.05) is 6.92 Å². The average molecular weight is 394 g/mol. The molecule has 0 radical (unpaired) electrons. The molecule has 0 aliphatic heterocycles. The van der Waals surface area contributed by atoms with Crippen LogP contribution in [0.4, 0.5) is 0 Å². The van der Waals surface area contributed by atoms with Crippen molar-refractivity contribution in [3.8, 4) is 0 Å². The fourth-order valence-corrected chi connectivity index (χ4v) is 2.72. The summed E-state index contributed by atoms with van der Waals surface area (Å²) in [4.78, 5) is 36.0. The van der Waals surface area contributed by atoms with Gasteiger partial charge in [-0.2, -0.15) is 0 Å². The first-order valence-electron chi connectivity index (χ1n) is 9.46. The third kappa shape index (κ3) is 7.25. The van der Waals surface area contributed by atoms with Crippen molar-refractivity contribution in [3.05, 3.63) is 77.0 Å². The van der Waals surface area contributed by atoms with Crippen molar-refractivity contribution in [1.29, 1.82) is 0 Å². The monoisotopic (exact) mass is 394 g/mol. The number of carbonyl (C=O) groups is 3. The first kappa shape index (κ1) is 21.9. The molecule has 0 saturated heterocycles. The summed E-state index contributed by atoms with van der Waals surface area (Å²) in [5.74, 6) is -1.59. The van der Waals surface area contributed by atoms with Crippen molar-refractivity contribution in [3.63, 3.8) is 0 Å². The van der Waals surface area contributed by atoms with Crippen molar-refractivity contribution in [2.75, 3.05) is 6.61 Å². The Morgan fingerprint density at radius 2 is 1.69 bits per heavy atom. The largest absolute Gasteiger partial charge is 0.451 e. The van der Waals surface area contributed by atoms with E-state index >= 15 is 0 Å². The third-order valence-corrected chi connectivity index (χ3v) is 4.20. The van der Waals surface area contributed by atoms with Gasteiger partial charge in [0.05, 0.1) is 6.04 Å². The van der Waals surface area contributed by atoms with Gasteiger partial charge in [-0.25, -0.2) is 4.79 Å². The molecule has 6 heteroatoms. The fourth-order valence-electron chi connectivity index (χ4n) is 2.72. The lowest BCUT2D eigenvalue weighted by atomic mass is 10.0. The molecule has 0 spiro atoms. The van der Waals surface area contributed by atoms with Crippen LogP contribution in [-0.2, 0) is 19.1 Å². The van der Waals surface area contributed by atoms with Crippen LogP contribution in [0.3, 0.4) is 0 Å². The minimum absolute atomic E-state index is 0.0259. The van der Waals surface area contributed by atoms with Gasteiger partial charge >= 0.3 is 5.97 Å². The second-order valence-electron chi connectivity index (χ2n) is 6.67. The highest BCUT2D eigenvalue weighted by Gasteiger charge is 2.17. The Kier molecular flexibility index (Phi) is 8.15. The van der Waals surface area contributed by atoms with Crippen LogP contribution in [-0.4, -0.2) is 24.4 Å². The normalized spacial score (nSPS) is 12.0. The molecule has 0 aliphatic carbocycles. The molecule has 0 fully saturated rings. The standard InChI is InChI=1S/C23H26N2O4/c1-4-20(19-12-10-16(2)11-13-19)25-22(27)15-29-23(28)21(24-17(3)26)14-18-8-6-5-7-9-18/h5-14,20H,4,15H2,1-3H3,(H,24,26)(H,25,27)/b21-14-/t20-/m0/s1. The SMILES string of the molecule is CC[C@H](NC(=O)COC(=O)/C(=C/c1ccccc1)NC(C)=O)c1ccc(C)cc1. The van der Waals surface area contributed by atoms with Crippen LogP contribution in [0, 0.1) is 6.92 Å². The summed E-state index contributed by atoms with van der Waals surface area (Å²) in [7, 11) is 0. The minimum Gasteiger partial charge on any atom is -0.451 e. The van der Waals surface area contributed by atoms with Gasteiger partial charge in [0.1, 0.15) is 5.70 Å². The number of hydrogen-bond acceptors (Lipinski definition) is 4. The first-order valence-corrected chi connectivity index (χ1v) is 9.46. The Balaban J connectivity index is 1.99. The van der Waals surface area contributed by atoms with E-state index in [1.54, 1.807) is 12.1 Å². The Hall–Kier alpha value is -3.41. The topological polar surface area (TPSA) is 84.5 Å². The van der Waals surface area contributed by atoms with Crippen LogP contribution in [0.15, 0.2) is 60.3 Å². The molecule has 2 amide bonds. The van der Waals surface area contributed by atoms with Crippen LogP contribution < -0.4 is 10.6 Å². The van der Waals surface area contributed by atoms with E-state index in [0.29, 0.717) is 6.42 Å². The van der Waals surface area contributed by atoms with Gasteiger partial charge < -0.3 is 15.4 Å². The van der Waals surface area contributed by atoms with Crippen molar-refractivity contribution in [1.82, 2.24) is 10.6 Å². The molecule has 2 N–H and O–H groups in total. The van der Waals surface area contributed by atoms with Gasteiger partial charge in [0.25, 0.3) is 5.91 Å². The predicted octanol–water partition coefficient (Wildman–Crippen LogP) is 3.28. The molecule has 0 bridgehead atoms. The molecular formula is C23H26N2O4. The molecule has 152 valence electrons. The maximum absolute atomic E-state index is 12.4. The number of aryl methyl sites for hydroxylation is 1. The third-order valence-electron chi connectivity index (χ3n) is 4.20. The van der Waals surface area contributed by atoms with E-state index < -0.39 is 24.4 Å². The number of rotatable bonds is 8. The zero-order valence-corrected chi connectivity index (χ0v) is 16.9. The maximum atomic E-state index is 12.4. The van der Waals surface area contributed by atoms with Gasteiger partial charge in [-0.15, -0.1) is 0 Å². The number of esters is 1. The summed E-state index contributed by atoms with van der Waals surface area (Å²) in [5.41, 5.74) is 2.82. The molecule has 0 saturated carbocycles. The Labute approximate surface area is 171 Å². The molecule has 6 nitrogen and oxygen atoms in total. The number of amides is 2. The number of benzene rings is 2. The van der Waals surface area contributed by atoms with Crippen LogP contribution in [0.1, 0.15) is 43.0 Å². The molecule has 0 heterocycles. The van der Waals surface area contributed by atoms with E-state index in [9.17, 15) is 14.4 Å². The second kappa shape index (κ2) is 10.8. The van der Waals surface area contributed by atoms with Crippen molar-refractivity contribution >= 4 is 23.9 Å². The second-order valence-corrected chi connectivity index (χ2v) is 6.67. The minimum atomic E-state index is -0.775. The van der Waals surface area contributed by atoms with Crippen LogP contribution >= 0.6 is 0 Å². The molecule has 2 aromatic carbocycles. The zero-order chi connectivity index (χ0) is 21.2. The molecular weight excluding hydrogens is 368 g/mol. The lowest BCUT2D eigenvalue weighted by Crippen LogP contribution is -2.34. The molecule has 1 atom stereocenters. The number of carbonyl (C=O) groups excluding carboxylic acids is 3. The predicted molar refractivity (Wildman–Crippen MR) is 112 cm³/mol. The highest BCUT2D eigenvalue weighted by Crippen LogP contribution is 2.17. The first-order chi connectivity index (χ1) is 13.9.